The summed E-state index contributed by atoms with van der Waals surface area (Å²) in [6, 6.07) is 17.7. The Morgan fingerprint density at radius 2 is 1.86 bits per heavy atom. The van der Waals surface area contributed by atoms with E-state index in [1.54, 1.807) is 47.4 Å². The lowest BCUT2D eigenvalue weighted by Crippen LogP contribution is -2.41. The van der Waals surface area contributed by atoms with Crippen LogP contribution < -0.4 is 15.7 Å². The van der Waals surface area contributed by atoms with E-state index in [1.807, 2.05) is 6.07 Å². The van der Waals surface area contributed by atoms with E-state index in [1.165, 1.54) is 21.3 Å². The van der Waals surface area contributed by atoms with Crippen molar-refractivity contribution in [2.45, 2.75) is 38.6 Å². The van der Waals surface area contributed by atoms with Crippen molar-refractivity contribution >= 4 is 39.3 Å². The molecular formula is C31H24BrClFN5O4. The number of fused-ring (bicyclic) bond motifs is 1. The van der Waals surface area contributed by atoms with Gasteiger partial charge in [-0.3, -0.25) is 18.7 Å². The van der Waals surface area contributed by atoms with E-state index >= 15 is 0 Å². The minimum atomic E-state index is -0.633. The van der Waals surface area contributed by atoms with E-state index < -0.39 is 17.4 Å². The number of nitriles is 1. The first kappa shape index (κ1) is 28.7. The number of halogens is 3. The summed E-state index contributed by atoms with van der Waals surface area (Å²) in [7, 11) is 0. The molecule has 2 heterocycles. The van der Waals surface area contributed by atoms with Crippen molar-refractivity contribution in [1.82, 2.24) is 19.4 Å². The zero-order valence-corrected chi connectivity index (χ0v) is 25.0. The smallest absolute Gasteiger partial charge is 0.333 e. The van der Waals surface area contributed by atoms with E-state index in [2.05, 4.69) is 21.2 Å². The van der Waals surface area contributed by atoms with Gasteiger partial charge in [-0.25, -0.2) is 9.18 Å². The highest BCUT2D eigenvalue weighted by Gasteiger charge is 2.32. The maximum Gasteiger partial charge on any atom is 0.333 e. The van der Waals surface area contributed by atoms with Crippen LogP contribution in [0.15, 0.2) is 69.9 Å². The minimum absolute atomic E-state index is 0.00832. The third-order valence-electron chi connectivity index (χ3n) is 7.39. The normalized spacial score (nSPS) is 14.1. The Labute approximate surface area is 259 Å². The molecule has 1 aromatic heterocycles. The van der Waals surface area contributed by atoms with Gasteiger partial charge in [-0.2, -0.15) is 5.26 Å². The SMILES string of the molecule is N#Cc1ccc(CNC(=O)c2c3n(c(=O)n2-c2ccc(OC4CC4)cc2)CCN(C(=O)c2ccc(Br)c(Cl)c2)C3)c(F)c1. The zero-order chi connectivity index (χ0) is 30.2. The Bertz CT molecular complexity index is 1860. The second-order valence-electron chi connectivity index (χ2n) is 10.3. The lowest BCUT2D eigenvalue weighted by Gasteiger charge is -2.28. The van der Waals surface area contributed by atoms with Crippen molar-refractivity contribution in [3.63, 3.8) is 0 Å². The Kier molecular flexibility index (Phi) is 7.81. The second kappa shape index (κ2) is 11.7. The predicted octanol–water partition coefficient (Wildman–Crippen LogP) is 5.19. The monoisotopic (exact) mass is 663 g/mol. The Balaban J connectivity index is 1.35. The first-order valence-corrected chi connectivity index (χ1v) is 14.7. The number of ether oxygens (including phenoxy) is 1. The molecule has 0 spiro atoms. The number of imidazole rings is 1. The first-order valence-electron chi connectivity index (χ1n) is 13.6. The number of rotatable bonds is 7. The van der Waals surface area contributed by atoms with Crippen LogP contribution in [0.5, 0.6) is 5.75 Å². The largest absolute Gasteiger partial charge is 0.490 e. The van der Waals surface area contributed by atoms with Crippen LogP contribution in [0.3, 0.4) is 0 Å². The summed E-state index contributed by atoms with van der Waals surface area (Å²) in [6.45, 7) is 0.231. The molecule has 1 aliphatic heterocycles. The summed E-state index contributed by atoms with van der Waals surface area (Å²) in [5.74, 6) is -0.885. The number of aromatic nitrogens is 2. The van der Waals surface area contributed by atoms with E-state index in [0.29, 0.717) is 32.2 Å². The summed E-state index contributed by atoms with van der Waals surface area (Å²) in [5.41, 5.74) is 1.12. The van der Waals surface area contributed by atoms with Crippen molar-refractivity contribution in [2.24, 2.45) is 0 Å². The number of amides is 2. The summed E-state index contributed by atoms with van der Waals surface area (Å²) >= 11 is 9.55. The molecule has 2 aliphatic rings. The molecule has 218 valence electrons. The van der Waals surface area contributed by atoms with Gasteiger partial charge < -0.3 is 15.0 Å². The van der Waals surface area contributed by atoms with Crippen molar-refractivity contribution < 1.29 is 18.7 Å². The van der Waals surface area contributed by atoms with Gasteiger partial charge in [0.25, 0.3) is 11.8 Å². The fourth-order valence-corrected chi connectivity index (χ4v) is 5.42. The Morgan fingerprint density at radius 1 is 1.09 bits per heavy atom. The van der Waals surface area contributed by atoms with Gasteiger partial charge in [-0.1, -0.05) is 17.7 Å². The van der Waals surface area contributed by atoms with Gasteiger partial charge in [0.05, 0.1) is 40.7 Å². The second-order valence-corrected chi connectivity index (χ2v) is 11.6. The zero-order valence-electron chi connectivity index (χ0n) is 22.6. The molecule has 0 radical (unpaired) electrons. The Morgan fingerprint density at radius 3 is 2.53 bits per heavy atom. The Hall–Kier alpha value is -4.40. The van der Waals surface area contributed by atoms with Crippen LogP contribution in [0, 0.1) is 17.1 Å². The molecule has 0 unspecified atom stereocenters. The molecular weight excluding hydrogens is 641 g/mol. The summed E-state index contributed by atoms with van der Waals surface area (Å²) in [4.78, 5) is 42.5. The lowest BCUT2D eigenvalue weighted by molar-refractivity contribution is 0.0706. The number of nitrogens with zero attached hydrogens (tertiary/aromatic N) is 4. The highest BCUT2D eigenvalue weighted by molar-refractivity contribution is 9.10. The van der Waals surface area contributed by atoms with Crippen LogP contribution in [0.4, 0.5) is 4.39 Å². The van der Waals surface area contributed by atoms with E-state index in [0.717, 1.165) is 18.9 Å². The quantitative estimate of drug-likeness (QED) is 0.293. The fourth-order valence-electron chi connectivity index (χ4n) is 4.99. The topological polar surface area (TPSA) is 109 Å². The van der Waals surface area contributed by atoms with E-state index in [-0.39, 0.29) is 55.0 Å². The number of hydrogen-bond donors (Lipinski definition) is 1. The first-order chi connectivity index (χ1) is 20.7. The van der Waals surface area contributed by atoms with Gasteiger partial charge in [-0.15, -0.1) is 0 Å². The fraction of sp³-hybridized carbons (Fsp3) is 0.226. The standard InChI is InChI=1S/C31H24BrClFN5O4/c32-24-10-3-19(14-25(24)33)30(41)37-11-12-38-27(17-37)28(29(40)36-16-20-2-1-18(15-35)13-26(20)34)39(31(38)42)21-4-6-22(7-5-21)43-23-8-9-23/h1-7,10,13-14,23H,8-9,11-12,16-17H2,(H,36,40). The number of hydrogen-bond acceptors (Lipinski definition) is 5. The number of benzene rings is 3. The third kappa shape index (κ3) is 5.81. The van der Waals surface area contributed by atoms with Crippen LogP contribution >= 0.6 is 27.5 Å². The molecule has 12 heteroatoms. The van der Waals surface area contributed by atoms with Gasteiger partial charge in [0.1, 0.15) is 17.3 Å². The highest BCUT2D eigenvalue weighted by atomic mass is 79.9. The molecule has 0 saturated heterocycles. The molecule has 1 aliphatic carbocycles. The van der Waals surface area contributed by atoms with Crippen molar-refractivity contribution in [1.29, 1.82) is 5.26 Å². The number of carbonyl (C=O) groups is 2. The van der Waals surface area contributed by atoms with Gasteiger partial charge in [0.15, 0.2) is 0 Å². The lowest BCUT2D eigenvalue weighted by atomic mass is 10.1. The van der Waals surface area contributed by atoms with Gasteiger partial charge in [-0.05, 0) is 83.4 Å². The molecule has 43 heavy (non-hydrogen) atoms. The van der Waals surface area contributed by atoms with E-state index in [4.69, 9.17) is 21.6 Å². The summed E-state index contributed by atoms with van der Waals surface area (Å²) < 4.78 is 23.9. The molecule has 4 aromatic rings. The maximum absolute atomic E-state index is 14.6. The maximum atomic E-state index is 14.6. The average molecular weight is 665 g/mol. The van der Waals surface area contributed by atoms with Gasteiger partial charge in [0, 0.05) is 35.2 Å². The van der Waals surface area contributed by atoms with Crippen molar-refractivity contribution in [3.05, 3.63) is 115 Å². The average Bonchev–Trinajstić information content (AvgIpc) is 3.78. The molecule has 1 saturated carbocycles. The number of carbonyl (C=O) groups excluding carboxylic acids is 2. The van der Waals surface area contributed by atoms with Crippen LogP contribution in [-0.2, 0) is 19.6 Å². The van der Waals surface area contributed by atoms with Crippen LogP contribution in [0.1, 0.15) is 50.5 Å². The van der Waals surface area contributed by atoms with Crippen LogP contribution in [-0.4, -0.2) is 38.5 Å². The van der Waals surface area contributed by atoms with Crippen molar-refractivity contribution in [2.75, 3.05) is 6.54 Å². The molecule has 1 fully saturated rings. The van der Waals surface area contributed by atoms with Crippen molar-refractivity contribution in [3.8, 4) is 17.5 Å². The molecule has 1 N–H and O–H groups in total. The molecule has 0 atom stereocenters. The van der Waals surface area contributed by atoms with Gasteiger partial charge in [0.2, 0.25) is 0 Å². The molecule has 0 bridgehead atoms. The molecule has 9 nitrogen and oxygen atoms in total. The van der Waals surface area contributed by atoms with Crippen LogP contribution in [0.2, 0.25) is 5.02 Å². The van der Waals surface area contributed by atoms with Gasteiger partial charge >= 0.3 is 5.69 Å². The summed E-state index contributed by atoms with van der Waals surface area (Å²) in [5, 5.41) is 12.1. The molecule has 3 aromatic carbocycles. The van der Waals surface area contributed by atoms with E-state index in [9.17, 15) is 18.8 Å². The molecule has 2 amide bonds. The third-order valence-corrected chi connectivity index (χ3v) is 8.62. The van der Waals surface area contributed by atoms with Crippen LogP contribution in [0.25, 0.3) is 5.69 Å². The highest BCUT2D eigenvalue weighted by Crippen LogP contribution is 2.29. The predicted molar refractivity (Wildman–Crippen MR) is 160 cm³/mol. The number of nitrogens with one attached hydrogen (secondary N) is 1. The molecule has 6 rings (SSSR count). The minimum Gasteiger partial charge on any atom is -0.490 e. The summed E-state index contributed by atoms with van der Waals surface area (Å²) in [6.07, 6.45) is 2.20.